The van der Waals surface area contributed by atoms with Crippen molar-refractivity contribution in [1.82, 2.24) is 0 Å². The van der Waals surface area contributed by atoms with Crippen LogP contribution in [0, 0.1) is 12.8 Å². The van der Waals surface area contributed by atoms with Gasteiger partial charge in [0.1, 0.15) is 0 Å². The van der Waals surface area contributed by atoms with E-state index in [1.54, 1.807) is 12.1 Å². The summed E-state index contributed by atoms with van der Waals surface area (Å²) in [6.07, 6.45) is 8.37. The van der Waals surface area contributed by atoms with Crippen molar-refractivity contribution in [2.45, 2.75) is 56.8 Å². The lowest BCUT2D eigenvalue weighted by molar-refractivity contribution is 0.403. The highest BCUT2D eigenvalue weighted by molar-refractivity contribution is 7.91. The van der Waals surface area contributed by atoms with Crippen molar-refractivity contribution in [2.75, 3.05) is 5.75 Å². The van der Waals surface area contributed by atoms with Gasteiger partial charge in [0, 0.05) is 0 Å². The highest BCUT2D eigenvalue weighted by Crippen LogP contribution is 2.25. The first-order chi connectivity index (χ1) is 9.08. The first-order valence-corrected chi connectivity index (χ1v) is 9.02. The van der Waals surface area contributed by atoms with Crippen molar-refractivity contribution in [2.24, 2.45) is 5.92 Å². The fourth-order valence-electron chi connectivity index (χ4n) is 2.86. The number of hydrogen-bond acceptors (Lipinski definition) is 2. The van der Waals surface area contributed by atoms with Gasteiger partial charge in [-0.15, -0.1) is 0 Å². The number of aryl methyl sites for hydroxylation is 1. The summed E-state index contributed by atoms with van der Waals surface area (Å²) in [5, 5.41) is 0. The first-order valence-electron chi connectivity index (χ1n) is 7.37. The Hall–Kier alpha value is -0.830. The predicted molar refractivity (Wildman–Crippen MR) is 79.0 cm³/mol. The van der Waals surface area contributed by atoms with Crippen molar-refractivity contribution in [1.29, 1.82) is 0 Å². The van der Waals surface area contributed by atoms with E-state index in [0.29, 0.717) is 16.6 Å². The smallest absolute Gasteiger partial charge is 0.178 e. The van der Waals surface area contributed by atoms with Gasteiger partial charge in [0.25, 0.3) is 0 Å². The standard InChI is InChI=1S/C16H24O2S/c1-14-9-11-16(12-10-14)19(17,18)13-15-7-5-3-2-4-6-8-15/h9-12,15H,2-8,13H2,1H3. The van der Waals surface area contributed by atoms with Gasteiger partial charge >= 0.3 is 0 Å². The Balaban J connectivity index is 2.05. The van der Waals surface area contributed by atoms with Crippen molar-refractivity contribution in [3.8, 4) is 0 Å². The molecule has 0 aromatic heterocycles. The van der Waals surface area contributed by atoms with Gasteiger partial charge < -0.3 is 0 Å². The normalized spacial score (nSPS) is 18.8. The van der Waals surface area contributed by atoms with Gasteiger partial charge in [-0.05, 0) is 37.8 Å². The third kappa shape index (κ3) is 4.34. The third-order valence-corrected chi connectivity index (χ3v) is 5.96. The Morgan fingerprint density at radius 1 is 0.947 bits per heavy atom. The average Bonchev–Trinajstić information content (AvgIpc) is 2.33. The zero-order valence-electron chi connectivity index (χ0n) is 11.8. The Bertz CT molecular complexity index is 480. The maximum Gasteiger partial charge on any atom is 0.178 e. The molecule has 106 valence electrons. The molecule has 3 heteroatoms. The minimum Gasteiger partial charge on any atom is -0.224 e. The summed E-state index contributed by atoms with van der Waals surface area (Å²) in [5.74, 6) is 0.683. The zero-order chi connectivity index (χ0) is 13.7. The van der Waals surface area contributed by atoms with E-state index in [9.17, 15) is 8.42 Å². The molecule has 1 fully saturated rings. The van der Waals surface area contributed by atoms with E-state index in [1.807, 2.05) is 19.1 Å². The van der Waals surface area contributed by atoms with Gasteiger partial charge in [-0.1, -0.05) is 49.8 Å². The lowest BCUT2D eigenvalue weighted by Crippen LogP contribution is -2.17. The average molecular weight is 280 g/mol. The summed E-state index contributed by atoms with van der Waals surface area (Å²) in [5.41, 5.74) is 1.10. The van der Waals surface area contributed by atoms with Crippen LogP contribution in [0.1, 0.15) is 50.5 Å². The first kappa shape index (κ1) is 14.6. The molecule has 1 saturated carbocycles. The van der Waals surface area contributed by atoms with Gasteiger partial charge in [-0.3, -0.25) is 0 Å². The number of sulfone groups is 1. The number of rotatable bonds is 3. The molecule has 1 aromatic rings. The molecule has 1 aliphatic carbocycles. The maximum absolute atomic E-state index is 12.4. The van der Waals surface area contributed by atoms with Crippen LogP contribution in [0.3, 0.4) is 0 Å². The fraction of sp³-hybridized carbons (Fsp3) is 0.625. The van der Waals surface area contributed by atoms with Crippen molar-refractivity contribution >= 4 is 9.84 Å². The fourth-order valence-corrected chi connectivity index (χ4v) is 4.56. The molecule has 19 heavy (non-hydrogen) atoms. The lowest BCUT2D eigenvalue weighted by atomic mass is 9.93. The molecule has 1 aliphatic rings. The van der Waals surface area contributed by atoms with Gasteiger partial charge in [0.05, 0.1) is 10.6 Å². The minimum absolute atomic E-state index is 0.329. The van der Waals surface area contributed by atoms with Crippen LogP contribution in [-0.2, 0) is 9.84 Å². The SMILES string of the molecule is Cc1ccc(S(=O)(=O)CC2CCCCCCC2)cc1. The number of hydrogen-bond donors (Lipinski definition) is 0. The van der Waals surface area contributed by atoms with Gasteiger partial charge in [-0.25, -0.2) is 8.42 Å². The summed E-state index contributed by atoms with van der Waals surface area (Å²) < 4.78 is 24.8. The summed E-state index contributed by atoms with van der Waals surface area (Å²) >= 11 is 0. The van der Waals surface area contributed by atoms with Crippen LogP contribution in [0.2, 0.25) is 0 Å². The second-order valence-electron chi connectivity index (χ2n) is 5.81. The highest BCUT2D eigenvalue weighted by Gasteiger charge is 2.21. The molecule has 2 rings (SSSR count). The molecule has 0 aliphatic heterocycles. The second kappa shape index (κ2) is 6.56. The Labute approximate surface area is 117 Å². The van der Waals surface area contributed by atoms with Gasteiger partial charge in [-0.2, -0.15) is 0 Å². The van der Waals surface area contributed by atoms with Crippen LogP contribution in [0.5, 0.6) is 0 Å². The summed E-state index contributed by atoms with van der Waals surface area (Å²) in [4.78, 5) is 0.486. The van der Waals surface area contributed by atoms with Crippen LogP contribution in [0.4, 0.5) is 0 Å². The molecular weight excluding hydrogens is 256 g/mol. The van der Waals surface area contributed by atoms with Crippen molar-refractivity contribution in [3.05, 3.63) is 29.8 Å². The molecule has 0 spiro atoms. The molecule has 0 radical (unpaired) electrons. The molecule has 0 bridgehead atoms. The van der Waals surface area contributed by atoms with Gasteiger partial charge in [0.2, 0.25) is 0 Å². The van der Waals surface area contributed by atoms with Crippen LogP contribution >= 0.6 is 0 Å². The predicted octanol–water partition coefficient (Wildman–Crippen LogP) is 4.13. The van der Waals surface area contributed by atoms with Crippen LogP contribution in [-0.4, -0.2) is 14.2 Å². The summed E-state index contributed by atoms with van der Waals surface area (Å²) in [6.45, 7) is 1.98. The van der Waals surface area contributed by atoms with Crippen molar-refractivity contribution < 1.29 is 8.42 Å². The second-order valence-corrected chi connectivity index (χ2v) is 7.84. The quantitative estimate of drug-likeness (QED) is 0.834. The van der Waals surface area contributed by atoms with Gasteiger partial charge in [0.15, 0.2) is 9.84 Å². The van der Waals surface area contributed by atoms with E-state index in [-0.39, 0.29) is 0 Å². The molecule has 2 nitrogen and oxygen atoms in total. The monoisotopic (exact) mass is 280 g/mol. The van der Waals surface area contributed by atoms with E-state index in [1.165, 1.54) is 32.1 Å². The summed E-state index contributed by atoms with van der Waals surface area (Å²) in [7, 11) is -3.10. The Kier molecular flexibility index (Phi) is 5.03. The molecule has 0 saturated heterocycles. The molecular formula is C16H24O2S. The Morgan fingerprint density at radius 2 is 1.47 bits per heavy atom. The van der Waals surface area contributed by atoms with Crippen LogP contribution < -0.4 is 0 Å². The van der Waals surface area contributed by atoms with E-state index < -0.39 is 9.84 Å². The van der Waals surface area contributed by atoms with Crippen LogP contribution in [0.25, 0.3) is 0 Å². The third-order valence-electron chi connectivity index (χ3n) is 4.06. The van der Waals surface area contributed by atoms with E-state index >= 15 is 0 Å². The van der Waals surface area contributed by atoms with E-state index in [2.05, 4.69) is 0 Å². The highest BCUT2D eigenvalue weighted by atomic mass is 32.2. The van der Waals surface area contributed by atoms with Crippen molar-refractivity contribution in [3.63, 3.8) is 0 Å². The molecule has 0 heterocycles. The largest absolute Gasteiger partial charge is 0.224 e. The van der Waals surface area contributed by atoms with E-state index in [4.69, 9.17) is 0 Å². The molecule has 0 amide bonds. The number of benzene rings is 1. The topological polar surface area (TPSA) is 34.1 Å². The molecule has 1 aromatic carbocycles. The maximum atomic E-state index is 12.4. The lowest BCUT2D eigenvalue weighted by Gasteiger charge is -2.19. The summed E-state index contributed by atoms with van der Waals surface area (Å²) in [6, 6.07) is 7.25. The zero-order valence-corrected chi connectivity index (χ0v) is 12.6. The van der Waals surface area contributed by atoms with Crippen LogP contribution in [0.15, 0.2) is 29.2 Å². The Morgan fingerprint density at radius 3 is 2.05 bits per heavy atom. The van der Waals surface area contributed by atoms with E-state index in [0.717, 1.165) is 18.4 Å². The molecule has 0 atom stereocenters. The molecule has 0 unspecified atom stereocenters. The molecule has 0 N–H and O–H groups in total. The minimum atomic E-state index is -3.10.